The molecule has 7 heteroatoms. The first kappa shape index (κ1) is 18.6. The number of hydrogen-bond acceptors (Lipinski definition) is 5. The van der Waals surface area contributed by atoms with E-state index >= 15 is 0 Å². The van der Waals surface area contributed by atoms with E-state index in [0.717, 1.165) is 12.8 Å². The lowest BCUT2D eigenvalue weighted by atomic mass is 10.0. The van der Waals surface area contributed by atoms with E-state index in [9.17, 15) is 24.9 Å². The third kappa shape index (κ3) is 5.75. The SMILES string of the molecule is CC(C)/C=C/[C@@H](O)[C@H](O)[C@H](O)C(=O)N[C@H]1CCCCNC1=O. The van der Waals surface area contributed by atoms with Crippen LogP contribution in [0.1, 0.15) is 33.1 Å². The van der Waals surface area contributed by atoms with E-state index in [1.165, 1.54) is 6.08 Å². The Bertz CT molecular complexity index is 411. The lowest BCUT2D eigenvalue weighted by molar-refractivity contribution is -0.141. The van der Waals surface area contributed by atoms with Crippen LogP contribution in [0, 0.1) is 5.92 Å². The quantitative estimate of drug-likeness (QED) is 0.406. The molecule has 1 saturated heterocycles. The van der Waals surface area contributed by atoms with Crippen molar-refractivity contribution in [2.24, 2.45) is 5.92 Å². The van der Waals surface area contributed by atoms with Gasteiger partial charge >= 0.3 is 0 Å². The number of nitrogens with one attached hydrogen (secondary N) is 2. The van der Waals surface area contributed by atoms with E-state index in [1.807, 2.05) is 13.8 Å². The molecule has 0 radical (unpaired) electrons. The predicted octanol–water partition coefficient (Wildman–Crippen LogP) is -0.934. The molecule has 1 heterocycles. The smallest absolute Gasteiger partial charge is 0.252 e. The number of amides is 2. The minimum Gasteiger partial charge on any atom is -0.387 e. The number of carbonyl (C=O) groups excluding carboxylic acids is 2. The van der Waals surface area contributed by atoms with Crippen molar-refractivity contribution in [2.75, 3.05) is 6.54 Å². The van der Waals surface area contributed by atoms with Crippen LogP contribution < -0.4 is 10.6 Å². The van der Waals surface area contributed by atoms with Crippen LogP contribution in [0.5, 0.6) is 0 Å². The molecule has 0 spiro atoms. The van der Waals surface area contributed by atoms with Crippen LogP contribution in [0.4, 0.5) is 0 Å². The van der Waals surface area contributed by atoms with Crippen molar-refractivity contribution >= 4 is 11.8 Å². The standard InChI is InChI=1S/C15H26N2O5/c1-9(2)6-7-11(18)12(19)13(20)15(22)17-10-5-3-4-8-16-14(10)21/h6-7,9-13,18-20H,3-5,8H2,1-2H3,(H,16,21)(H,17,22)/b7-6+/t10-,11+,12-,13-/m0/s1. The minimum atomic E-state index is -1.80. The molecular weight excluding hydrogens is 288 g/mol. The molecule has 1 aliphatic heterocycles. The van der Waals surface area contributed by atoms with Gasteiger partial charge in [-0.25, -0.2) is 0 Å². The average Bonchev–Trinajstić information content (AvgIpc) is 2.68. The summed E-state index contributed by atoms with van der Waals surface area (Å²) in [7, 11) is 0. The van der Waals surface area contributed by atoms with E-state index in [2.05, 4.69) is 10.6 Å². The van der Waals surface area contributed by atoms with E-state index in [4.69, 9.17) is 0 Å². The monoisotopic (exact) mass is 314 g/mol. The Balaban J connectivity index is 2.57. The van der Waals surface area contributed by atoms with E-state index in [0.29, 0.717) is 13.0 Å². The second-order valence-corrected chi connectivity index (χ2v) is 5.90. The Kier molecular flexibility index (Phi) is 7.50. The van der Waals surface area contributed by atoms with Crippen LogP contribution >= 0.6 is 0 Å². The fourth-order valence-electron chi connectivity index (χ4n) is 2.13. The zero-order valence-electron chi connectivity index (χ0n) is 13.0. The molecule has 0 bridgehead atoms. The van der Waals surface area contributed by atoms with Crippen molar-refractivity contribution in [1.29, 1.82) is 0 Å². The van der Waals surface area contributed by atoms with Crippen LogP contribution in [0.15, 0.2) is 12.2 Å². The molecule has 0 unspecified atom stereocenters. The first-order valence-electron chi connectivity index (χ1n) is 7.63. The van der Waals surface area contributed by atoms with Gasteiger partial charge in [0.15, 0.2) is 6.10 Å². The Labute approximate surface area is 130 Å². The Morgan fingerprint density at radius 1 is 1.27 bits per heavy atom. The zero-order valence-corrected chi connectivity index (χ0v) is 13.0. The molecule has 5 N–H and O–H groups in total. The van der Waals surface area contributed by atoms with Crippen molar-refractivity contribution in [3.63, 3.8) is 0 Å². The Hall–Kier alpha value is -1.44. The highest BCUT2D eigenvalue weighted by molar-refractivity contribution is 5.89. The third-order valence-corrected chi connectivity index (χ3v) is 3.49. The third-order valence-electron chi connectivity index (χ3n) is 3.49. The van der Waals surface area contributed by atoms with Crippen LogP contribution in [-0.2, 0) is 9.59 Å². The van der Waals surface area contributed by atoms with Gasteiger partial charge in [0.1, 0.15) is 18.2 Å². The van der Waals surface area contributed by atoms with E-state index in [-0.39, 0.29) is 11.8 Å². The van der Waals surface area contributed by atoms with Gasteiger partial charge < -0.3 is 26.0 Å². The molecule has 0 aromatic rings. The molecule has 7 nitrogen and oxygen atoms in total. The highest BCUT2D eigenvalue weighted by Crippen LogP contribution is 2.08. The minimum absolute atomic E-state index is 0.169. The van der Waals surface area contributed by atoms with Gasteiger partial charge in [0.25, 0.3) is 5.91 Å². The summed E-state index contributed by atoms with van der Waals surface area (Å²) in [6, 6.07) is -0.722. The van der Waals surface area contributed by atoms with E-state index in [1.54, 1.807) is 6.08 Å². The lowest BCUT2D eigenvalue weighted by Crippen LogP contribution is -2.53. The fourth-order valence-corrected chi connectivity index (χ4v) is 2.13. The van der Waals surface area contributed by atoms with Crippen molar-refractivity contribution in [2.45, 2.75) is 57.5 Å². The zero-order chi connectivity index (χ0) is 16.7. The topological polar surface area (TPSA) is 119 Å². The van der Waals surface area contributed by atoms with Gasteiger partial charge in [-0.05, 0) is 25.2 Å². The molecule has 126 valence electrons. The van der Waals surface area contributed by atoms with Crippen molar-refractivity contribution in [1.82, 2.24) is 10.6 Å². The van der Waals surface area contributed by atoms with Crippen molar-refractivity contribution < 1.29 is 24.9 Å². The lowest BCUT2D eigenvalue weighted by Gasteiger charge is -2.23. The van der Waals surface area contributed by atoms with Gasteiger partial charge in [-0.2, -0.15) is 0 Å². The summed E-state index contributed by atoms with van der Waals surface area (Å²) in [6.45, 7) is 4.35. The number of hydrogen-bond donors (Lipinski definition) is 5. The predicted molar refractivity (Wildman–Crippen MR) is 80.8 cm³/mol. The summed E-state index contributed by atoms with van der Waals surface area (Å²) in [4.78, 5) is 23.6. The second-order valence-electron chi connectivity index (χ2n) is 5.90. The summed E-state index contributed by atoms with van der Waals surface area (Å²) in [6.07, 6.45) is 0.291. The van der Waals surface area contributed by atoms with Gasteiger partial charge in [0, 0.05) is 6.54 Å². The van der Waals surface area contributed by atoms with Gasteiger partial charge in [-0.15, -0.1) is 0 Å². The highest BCUT2D eigenvalue weighted by Gasteiger charge is 2.32. The Morgan fingerprint density at radius 3 is 2.59 bits per heavy atom. The maximum Gasteiger partial charge on any atom is 0.252 e. The molecule has 0 aromatic carbocycles. The number of aliphatic hydroxyl groups is 3. The summed E-state index contributed by atoms with van der Waals surface area (Å²) >= 11 is 0. The number of carbonyl (C=O) groups is 2. The molecule has 0 saturated carbocycles. The van der Waals surface area contributed by atoms with Crippen LogP contribution in [0.25, 0.3) is 0 Å². The molecule has 2 amide bonds. The molecule has 0 aromatic heterocycles. The molecule has 4 atom stereocenters. The van der Waals surface area contributed by atoms with Crippen LogP contribution in [0.2, 0.25) is 0 Å². The van der Waals surface area contributed by atoms with Gasteiger partial charge in [-0.3, -0.25) is 9.59 Å². The normalized spacial score (nSPS) is 23.7. The average molecular weight is 314 g/mol. The first-order chi connectivity index (χ1) is 10.3. The fraction of sp³-hybridized carbons (Fsp3) is 0.733. The summed E-state index contributed by atoms with van der Waals surface area (Å²) in [5.41, 5.74) is 0. The molecule has 1 rings (SSSR count). The van der Waals surface area contributed by atoms with Gasteiger partial charge in [-0.1, -0.05) is 26.0 Å². The second kappa shape index (κ2) is 8.87. The highest BCUT2D eigenvalue weighted by atomic mass is 16.4. The molecular formula is C15H26N2O5. The van der Waals surface area contributed by atoms with E-state index < -0.39 is 30.3 Å². The maximum absolute atomic E-state index is 11.9. The molecule has 1 aliphatic rings. The maximum atomic E-state index is 11.9. The Morgan fingerprint density at radius 2 is 1.95 bits per heavy atom. The van der Waals surface area contributed by atoms with Crippen LogP contribution in [0.3, 0.4) is 0 Å². The summed E-state index contributed by atoms with van der Waals surface area (Å²) < 4.78 is 0. The molecule has 22 heavy (non-hydrogen) atoms. The molecule has 1 fully saturated rings. The molecule has 0 aliphatic carbocycles. The summed E-state index contributed by atoms with van der Waals surface area (Å²) in [5.74, 6) is -0.998. The summed E-state index contributed by atoms with van der Waals surface area (Å²) in [5, 5.41) is 34.4. The largest absolute Gasteiger partial charge is 0.387 e. The number of allylic oxidation sites excluding steroid dienone is 1. The van der Waals surface area contributed by atoms with Gasteiger partial charge in [0.05, 0.1) is 0 Å². The number of rotatable bonds is 6. The van der Waals surface area contributed by atoms with Crippen LogP contribution in [-0.4, -0.2) is 58.0 Å². The van der Waals surface area contributed by atoms with Gasteiger partial charge in [0.2, 0.25) is 5.91 Å². The first-order valence-corrected chi connectivity index (χ1v) is 7.63. The van der Waals surface area contributed by atoms with Crippen molar-refractivity contribution in [3.8, 4) is 0 Å². The number of aliphatic hydroxyl groups excluding tert-OH is 3. The van der Waals surface area contributed by atoms with Crippen molar-refractivity contribution in [3.05, 3.63) is 12.2 Å².